The standard InChI is InChI=1S/C11H14ClN3/c1-6(2)9-8(4)14-11-7(3)5-13-15(11)10(9)12/h5-6H,1-4H3. The highest BCUT2D eigenvalue weighted by atomic mass is 35.5. The predicted molar refractivity (Wildman–Crippen MR) is 61.6 cm³/mol. The van der Waals surface area contributed by atoms with Crippen LogP contribution in [0.4, 0.5) is 0 Å². The summed E-state index contributed by atoms with van der Waals surface area (Å²) in [6, 6.07) is 0. The van der Waals surface area contributed by atoms with Crippen molar-refractivity contribution in [1.29, 1.82) is 0 Å². The van der Waals surface area contributed by atoms with Crippen LogP contribution in [0.15, 0.2) is 6.20 Å². The van der Waals surface area contributed by atoms with Crippen molar-refractivity contribution in [3.63, 3.8) is 0 Å². The minimum Gasteiger partial charge on any atom is -0.233 e. The first-order valence-corrected chi connectivity index (χ1v) is 5.40. The topological polar surface area (TPSA) is 30.2 Å². The van der Waals surface area contributed by atoms with Crippen molar-refractivity contribution < 1.29 is 0 Å². The third-order valence-electron chi connectivity index (χ3n) is 2.57. The Balaban J connectivity index is 2.85. The molecule has 15 heavy (non-hydrogen) atoms. The molecule has 2 aromatic rings. The van der Waals surface area contributed by atoms with Crippen LogP contribution >= 0.6 is 11.6 Å². The van der Waals surface area contributed by atoms with Crippen molar-refractivity contribution in [2.45, 2.75) is 33.6 Å². The van der Waals surface area contributed by atoms with Crippen LogP contribution in [-0.4, -0.2) is 14.6 Å². The molecule has 80 valence electrons. The molecule has 2 rings (SSSR count). The Morgan fingerprint density at radius 3 is 2.60 bits per heavy atom. The van der Waals surface area contributed by atoms with Gasteiger partial charge in [0, 0.05) is 16.8 Å². The van der Waals surface area contributed by atoms with Gasteiger partial charge in [-0.3, -0.25) is 0 Å². The van der Waals surface area contributed by atoms with Gasteiger partial charge in [-0.15, -0.1) is 0 Å². The fourth-order valence-corrected chi connectivity index (χ4v) is 2.32. The summed E-state index contributed by atoms with van der Waals surface area (Å²) in [6.45, 7) is 8.20. The largest absolute Gasteiger partial charge is 0.233 e. The molecule has 0 N–H and O–H groups in total. The van der Waals surface area contributed by atoms with E-state index in [9.17, 15) is 0 Å². The van der Waals surface area contributed by atoms with E-state index in [4.69, 9.17) is 11.6 Å². The average molecular weight is 224 g/mol. The van der Waals surface area contributed by atoms with Gasteiger partial charge in [-0.05, 0) is 19.8 Å². The highest BCUT2D eigenvalue weighted by Gasteiger charge is 2.15. The molecule has 0 aliphatic carbocycles. The molecule has 0 unspecified atom stereocenters. The van der Waals surface area contributed by atoms with E-state index in [0.717, 1.165) is 22.5 Å². The Kier molecular flexibility index (Phi) is 2.43. The lowest BCUT2D eigenvalue weighted by Crippen LogP contribution is -2.04. The van der Waals surface area contributed by atoms with Crippen molar-refractivity contribution in [2.24, 2.45) is 0 Å². The van der Waals surface area contributed by atoms with E-state index in [1.807, 2.05) is 13.8 Å². The number of fused-ring (bicyclic) bond motifs is 1. The first-order chi connectivity index (χ1) is 7.02. The third-order valence-corrected chi connectivity index (χ3v) is 2.93. The normalized spacial score (nSPS) is 11.6. The molecule has 2 heterocycles. The monoisotopic (exact) mass is 223 g/mol. The molecule has 3 nitrogen and oxygen atoms in total. The van der Waals surface area contributed by atoms with Gasteiger partial charge in [0.1, 0.15) is 5.15 Å². The lowest BCUT2D eigenvalue weighted by molar-refractivity contribution is 0.807. The van der Waals surface area contributed by atoms with Crippen LogP contribution in [0.2, 0.25) is 5.15 Å². The number of halogens is 1. The second-order valence-corrected chi connectivity index (χ2v) is 4.48. The van der Waals surface area contributed by atoms with E-state index in [-0.39, 0.29) is 0 Å². The minimum absolute atomic E-state index is 0.360. The van der Waals surface area contributed by atoms with E-state index >= 15 is 0 Å². The molecular weight excluding hydrogens is 210 g/mol. The van der Waals surface area contributed by atoms with Crippen molar-refractivity contribution >= 4 is 17.2 Å². The Morgan fingerprint density at radius 1 is 1.33 bits per heavy atom. The van der Waals surface area contributed by atoms with E-state index in [2.05, 4.69) is 23.9 Å². The maximum Gasteiger partial charge on any atom is 0.159 e. The number of hydrogen-bond acceptors (Lipinski definition) is 2. The fraction of sp³-hybridized carbons (Fsp3) is 0.455. The van der Waals surface area contributed by atoms with E-state index in [1.165, 1.54) is 0 Å². The Bertz CT molecular complexity index is 514. The van der Waals surface area contributed by atoms with Gasteiger partial charge in [-0.1, -0.05) is 25.4 Å². The van der Waals surface area contributed by atoms with Crippen LogP contribution in [0.3, 0.4) is 0 Å². The average Bonchev–Trinajstić information content (AvgIpc) is 2.47. The Labute approximate surface area is 94.1 Å². The quantitative estimate of drug-likeness (QED) is 0.696. The summed E-state index contributed by atoms with van der Waals surface area (Å²) in [5, 5.41) is 4.91. The summed E-state index contributed by atoms with van der Waals surface area (Å²) in [6.07, 6.45) is 1.79. The first kappa shape index (κ1) is 10.4. The minimum atomic E-state index is 0.360. The molecule has 0 radical (unpaired) electrons. The highest BCUT2D eigenvalue weighted by Crippen LogP contribution is 2.27. The summed E-state index contributed by atoms with van der Waals surface area (Å²) in [4.78, 5) is 4.53. The van der Waals surface area contributed by atoms with Crippen LogP contribution in [0.5, 0.6) is 0 Å². The zero-order valence-electron chi connectivity index (χ0n) is 9.37. The summed E-state index contributed by atoms with van der Waals surface area (Å²) in [5.74, 6) is 0.360. The van der Waals surface area contributed by atoms with Gasteiger partial charge in [-0.2, -0.15) is 5.10 Å². The lowest BCUT2D eigenvalue weighted by atomic mass is 10.0. The van der Waals surface area contributed by atoms with Gasteiger partial charge in [-0.25, -0.2) is 9.50 Å². The molecule has 0 spiro atoms. The number of rotatable bonds is 1. The maximum atomic E-state index is 6.32. The van der Waals surface area contributed by atoms with Crippen LogP contribution in [0.1, 0.15) is 36.6 Å². The molecule has 0 aliphatic rings. The van der Waals surface area contributed by atoms with Crippen molar-refractivity contribution in [3.05, 3.63) is 28.2 Å². The molecule has 0 atom stereocenters. The van der Waals surface area contributed by atoms with Crippen LogP contribution in [-0.2, 0) is 0 Å². The number of aromatic nitrogens is 3. The van der Waals surface area contributed by atoms with Gasteiger partial charge >= 0.3 is 0 Å². The molecule has 0 saturated carbocycles. The van der Waals surface area contributed by atoms with E-state index in [0.29, 0.717) is 11.1 Å². The molecule has 0 bridgehead atoms. The van der Waals surface area contributed by atoms with Crippen molar-refractivity contribution in [3.8, 4) is 0 Å². The summed E-state index contributed by atoms with van der Waals surface area (Å²) in [5.41, 5.74) is 3.97. The van der Waals surface area contributed by atoms with E-state index in [1.54, 1.807) is 10.7 Å². The van der Waals surface area contributed by atoms with Crippen LogP contribution < -0.4 is 0 Å². The molecule has 4 heteroatoms. The summed E-state index contributed by atoms with van der Waals surface area (Å²) >= 11 is 6.32. The fourth-order valence-electron chi connectivity index (χ4n) is 1.84. The molecule has 0 saturated heterocycles. The van der Waals surface area contributed by atoms with Crippen LogP contribution in [0, 0.1) is 13.8 Å². The maximum absolute atomic E-state index is 6.32. The number of nitrogens with zero attached hydrogens (tertiary/aromatic N) is 3. The van der Waals surface area contributed by atoms with Crippen molar-refractivity contribution in [1.82, 2.24) is 14.6 Å². The zero-order valence-corrected chi connectivity index (χ0v) is 10.1. The summed E-state index contributed by atoms with van der Waals surface area (Å²) < 4.78 is 1.71. The van der Waals surface area contributed by atoms with Crippen LogP contribution in [0.25, 0.3) is 5.65 Å². The number of hydrogen-bond donors (Lipinski definition) is 0. The second kappa shape index (κ2) is 3.49. The van der Waals surface area contributed by atoms with Crippen molar-refractivity contribution in [2.75, 3.05) is 0 Å². The predicted octanol–water partition coefficient (Wildman–Crippen LogP) is 3.12. The summed E-state index contributed by atoms with van der Waals surface area (Å²) in [7, 11) is 0. The molecule has 0 fully saturated rings. The lowest BCUT2D eigenvalue weighted by Gasteiger charge is -2.12. The Hall–Kier alpha value is -1.09. The van der Waals surface area contributed by atoms with Gasteiger partial charge in [0.05, 0.1) is 6.20 Å². The highest BCUT2D eigenvalue weighted by molar-refractivity contribution is 6.30. The third kappa shape index (κ3) is 1.51. The molecule has 0 aromatic carbocycles. The van der Waals surface area contributed by atoms with Gasteiger partial charge in [0.25, 0.3) is 0 Å². The second-order valence-electron chi connectivity index (χ2n) is 4.12. The van der Waals surface area contributed by atoms with Gasteiger partial charge < -0.3 is 0 Å². The molecule has 2 aromatic heterocycles. The molecule has 0 aliphatic heterocycles. The number of aryl methyl sites for hydroxylation is 2. The zero-order chi connectivity index (χ0) is 11.2. The SMILES string of the molecule is Cc1nc2c(C)cnn2c(Cl)c1C(C)C. The smallest absolute Gasteiger partial charge is 0.159 e. The molecular formula is C11H14ClN3. The van der Waals surface area contributed by atoms with Gasteiger partial charge in [0.2, 0.25) is 0 Å². The Morgan fingerprint density at radius 2 is 2.00 bits per heavy atom. The van der Waals surface area contributed by atoms with E-state index < -0.39 is 0 Å². The van der Waals surface area contributed by atoms with Gasteiger partial charge in [0.15, 0.2) is 5.65 Å². The molecule has 0 amide bonds. The first-order valence-electron chi connectivity index (χ1n) is 5.02.